The first kappa shape index (κ1) is 9.39. The fourth-order valence-electron chi connectivity index (χ4n) is 0.962. The lowest BCUT2D eigenvalue weighted by Crippen LogP contribution is -2.20. The van der Waals surface area contributed by atoms with Gasteiger partial charge >= 0.3 is 0 Å². The Morgan fingerprint density at radius 3 is 2.50 bits per heavy atom. The van der Waals surface area contributed by atoms with E-state index >= 15 is 0 Å². The normalized spacial score (nSPS) is 11.6. The smallest absolute Gasteiger partial charge is 0.0583 e. The number of rotatable bonds is 3. The molecule has 0 aromatic carbocycles. The quantitative estimate of drug-likeness (QED) is 0.667. The molecule has 0 bridgehead atoms. The highest BCUT2D eigenvalue weighted by molar-refractivity contribution is 6.76. The van der Waals surface area contributed by atoms with E-state index in [2.05, 4.69) is 29.6 Å². The van der Waals surface area contributed by atoms with Gasteiger partial charge in [-0.2, -0.15) is 0 Å². The Labute approximate surface area is 75.1 Å². The molecule has 0 amide bonds. The minimum absolute atomic E-state index is 0.908. The highest BCUT2D eigenvalue weighted by Gasteiger charge is 2.12. The molecule has 12 heavy (non-hydrogen) atoms. The summed E-state index contributed by atoms with van der Waals surface area (Å²) in [6, 6.07) is 1.30. The fourth-order valence-corrected chi connectivity index (χ4v) is 1.97. The molecule has 66 valence electrons. The first-order valence-corrected chi connectivity index (χ1v) is 8.03. The number of hydrogen-bond acceptors (Lipinski definition) is 2. The average Bonchev–Trinajstić information content (AvgIpc) is 2.02. The number of hydrogen-bond donors (Lipinski definition) is 0. The Morgan fingerprint density at radius 2 is 2.00 bits per heavy atom. The van der Waals surface area contributed by atoms with Gasteiger partial charge in [0.15, 0.2) is 0 Å². The van der Waals surface area contributed by atoms with Crippen molar-refractivity contribution in [1.29, 1.82) is 0 Å². The average molecular weight is 180 g/mol. The fraction of sp³-hybridized carbons (Fsp3) is 0.556. The first-order valence-electron chi connectivity index (χ1n) is 4.33. The predicted octanol–water partition coefficient (Wildman–Crippen LogP) is 2.36. The molecule has 0 aliphatic carbocycles. The summed E-state index contributed by atoms with van der Waals surface area (Å²) in [5.74, 6) is 0. The van der Waals surface area contributed by atoms with Crippen LogP contribution in [0.3, 0.4) is 0 Å². The van der Waals surface area contributed by atoms with Gasteiger partial charge in [0.1, 0.15) is 0 Å². The van der Waals surface area contributed by atoms with Crippen molar-refractivity contribution in [2.24, 2.45) is 0 Å². The van der Waals surface area contributed by atoms with Gasteiger partial charge in [0, 0.05) is 26.7 Å². The van der Waals surface area contributed by atoms with Crippen LogP contribution in [-0.2, 0) is 6.42 Å². The van der Waals surface area contributed by atoms with Crippen LogP contribution in [-0.4, -0.2) is 18.0 Å². The van der Waals surface area contributed by atoms with Crippen molar-refractivity contribution in [3.8, 4) is 0 Å². The molecule has 0 spiro atoms. The van der Waals surface area contributed by atoms with Crippen LogP contribution in [0, 0.1) is 0 Å². The van der Waals surface area contributed by atoms with Gasteiger partial charge in [-0.15, -0.1) is 0 Å². The van der Waals surface area contributed by atoms with Gasteiger partial charge in [0.25, 0.3) is 0 Å². The molecule has 1 rings (SSSR count). The Balaban J connectivity index is 2.44. The van der Waals surface area contributed by atoms with E-state index in [0.717, 1.165) is 12.1 Å². The third-order valence-corrected chi connectivity index (χ3v) is 3.50. The van der Waals surface area contributed by atoms with E-state index in [4.69, 9.17) is 0 Å². The van der Waals surface area contributed by atoms with Gasteiger partial charge in [-0.05, 0) is 6.42 Å². The maximum Gasteiger partial charge on any atom is 0.0583 e. The van der Waals surface area contributed by atoms with E-state index in [-0.39, 0.29) is 0 Å². The highest BCUT2D eigenvalue weighted by Crippen LogP contribution is 2.11. The van der Waals surface area contributed by atoms with Gasteiger partial charge in [-0.25, -0.2) is 0 Å². The monoisotopic (exact) mass is 180 g/mol. The lowest BCUT2D eigenvalue weighted by molar-refractivity contribution is 0.980. The molecular formula is C9H16N2Si. The molecular weight excluding hydrogens is 164 g/mol. The summed E-state index contributed by atoms with van der Waals surface area (Å²) in [5, 5.41) is 0. The van der Waals surface area contributed by atoms with E-state index in [9.17, 15) is 0 Å². The molecule has 1 aromatic rings. The standard InChI is InChI=1S/C9H16N2Si/c1-12(2,3)7-4-9-8-10-5-6-11-9/h5-6,8H,4,7H2,1-3H3. The molecule has 0 radical (unpaired) electrons. The second-order valence-corrected chi connectivity index (χ2v) is 9.88. The van der Waals surface area contributed by atoms with Crippen molar-refractivity contribution in [3.63, 3.8) is 0 Å². The molecule has 0 saturated carbocycles. The van der Waals surface area contributed by atoms with Crippen LogP contribution in [0.25, 0.3) is 0 Å². The highest BCUT2D eigenvalue weighted by atomic mass is 28.3. The van der Waals surface area contributed by atoms with E-state index in [0.29, 0.717) is 0 Å². The zero-order chi connectivity index (χ0) is 9.03. The molecule has 0 fully saturated rings. The molecule has 1 heterocycles. The van der Waals surface area contributed by atoms with Crippen LogP contribution in [0.15, 0.2) is 18.6 Å². The second-order valence-electron chi connectivity index (χ2n) is 4.26. The maximum absolute atomic E-state index is 4.24. The van der Waals surface area contributed by atoms with Crippen molar-refractivity contribution >= 4 is 8.07 Å². The lowest BCUT2D eigenvalue weighted by Gasteiger charge is -2.14. The summed E-state index contributed by atoms with van der Waals surface area (Å²) in [7, 11) is -0.908. The topological polar surface area (TPSA) is 25.8 Å². The molecule has 0 atom stereocenters. The largest absolute Gasteiger partial charge is 0.261 e. The zero-order valence-corrected chi connectivity index (χ0v) is 9.04. The van der Waals surface area contributed by atoms with Crippen LogP contribution >= 0.6 is 0 Å². The lowest BCUT2D eigenvalue weighted by atomic mass is 10.4. The van der Waals surface area contributed by atoms with Crippen molar-refractivity contribution < 1.29 is 0 Å². The van der Waals surface area contributed by atoms with E-state index in [1.807, 2.05) is 6.20 Å². The van der Waals surface area contributed by atoms with Crippen molar-refractivity contribution in [2.75, 3.05) is 0 Å². The molecule has 0 unspecified atom stereocenters. The maximum atomic E-state index is 4.24. The van der Waals surface area contributed by atoms with Gasteiger partial charge in [0.05, 0.1) is 5.69 Å². The van der Waals surface area contributed by atoms with Crippen LogP contribution < -0.4 is 0 Å². The predicted molar refractivity (Wildman–Crippen MR) is 53.9 cm³/mol. The number of aryl methyl sites for hydroxylation is 1. The van der Waals surface area contributed by atoms with Crippen molar-refractivity contribution in [3.05, 3.63) is 24.3 Å². The molecule has 3 heteroatoms. The molecule has 0 aliphatic rings. The van der Waals surface area contributed by atoms with Gasteiger partial charge in [0.2, 0.25) is 0 Å². The first-order chi connectivity index (χ1) is 5.58. The minimum atomic E-state index is -0.908. The van der Waals surface area contributed by atoms with Crippen LogP contribution in [0.5, 0.6) is 0 Å². The Morgan fingerprint density at radius 1 is 1.25 bits per heavy atom. The van der Waals surface area contributed by atoms with E-state index < -0.39 is 8.07 Å². The summed E-state index contributed by atoms with van der Waals surface area (Å²) in [6.07, 6.45) is 6.43. The van der Waals surface area contributed by atoms with Gasteiger partial charge in [-0.1, -0.05) is 25.7 Å². The molecule has 2 nitrogen and oxygen atoms in total. The number of aromatic nitrogens is 2. The third kappa shape index (κ3) is 3.62. The van der Waals surface area contributed by atoms with E-state index in [1.54, 1.807) is 12.4 Å². The summed E-state index contributed by atoms with van der Waals surface area (Å²) >= 11 is 0. The summed E-state index contributed by atoms with van der Waals surface area (Å²) in [5.41, 5.74) is 1.12. The van der Waals surface area contributed by atoms with Crippen molar-refractivity contribution in [1.82, 2.24) is 9.97 Å². The number of nitrogens with zero attached hydrogens (tertiary/aromatic N) is 2. The third-order valence-electron chi connectivity index (χ3n) is 1.75. The molecule has 1 aromatic heterocycles. The SMILES string of the molecule is C[Si](C)(C)CCc1cnccn1. The van der Waals surface area contributed by atoms with Crippen LogP contribution in [0.1, 0.15) is 5.69 Å². The van der Waals surface area contributed by atoms with Gasteiger partial charge < -0.3 is 0 Å². The van der Waals surface area contributed by atoms with Crippen molar-refractivity contribution in [2.45, 2.75) is 32.1 Å². The van der Waals surface area contributed by atoms with E-state index in [1.165, 1.54) is 6.04 Å². The Bertz CT molecular complexity index is 228. The molecule has 0 aliphatic heterocycles. The summed E-state index contributed by atoms with van der Waals surface area (Å²) in [4.78, 5) is 8.28. The summed E-state index contributed by atoms with van der Waals surface area (Å²) in [6.45, 7) is 7.14. The Kier molecular flexibility index (Phi) is 2.97. The second kappa shape index (κ2) is 3.80. The van der Waals surface area contributed by atoms with Crippen LogP contribution in [0.2, 0.25) is 25.7 Å². The summed E-state index contributed by atoms with van der Waals surface area (Å²) < 4.78 is 0. The minimum Gasteiger partial charge on any atom is -0.261 e. The Hall–Kier alpha value is -0.703. The molecule has 0 saturated heterocycles. The van der Waals surface area contributed by atoms with Crippen LogP contribution in [0.4, 0.5) is 0 Å². The zero-order valence-electron chi connectivity index (χ0n) is 8.04. The molecule has 0 N–H and O–H groups in total. The van der Waals surface area contributed by atoms with Gasteiger partial charge in [-0.3, -0.25) is 9.97 Å².